The summed E-state index contributed by atoms with van der Waals surface area (Å²) in [4.78, 5) is 50.4. The van der Waals surface area contributed by atoms with Crippen LogP contribution in [0.5, 0.6) is 0 Å². The van der Waals surface area contributed by atoms with Gasteiger partial charge in [-0.05, 0) is 32.9 Å². The number of benzene rings is 1. The summed E-state index contributed by atoms with van der Waals surface area (Å²) >= 11 is 0. The van der Waals surface area contributed by atoms with Crippen molar-refractivity contribution in [1.82, 2.24) is 0 Å². The van der Waals surface area contributed by atoms with Gasteiger partial charge in [-0.2, -0.15) is 0 Å². The Morgan fingerprint density at radius 2 is 1.87 bits per heavy atom. The number of Topliss-reactive ketones (excluding diaryl/α,β-unsaturated/α-hetero) is 1. The monoisotopic (exact) mass is 317 g/mol. The molecule has 0 aromatic heterocycles. The van der Waals surface area contributed by atoms with Crippen LogP contribution in [0.15, 0.2) is 30.3 Å². The molecule has 0 saturated carbocycles. The lowest BCUT2D eigenvalue weighted by Gasteiger charge is -2.29. The predicted molar refractivity (Wildman–Crippen MR) is 82.5 cm³/mol. The van der Waals surface area contributed by atoms with Crippen LogP contribution in [-0.2, 0) is 23.9 Å². The van der Waals surface area contributed by atoms with Crippen LogP contribution in [-0.4, -0.2) is 30.2 Å². The number of amides is 2. The van der Waals surface area contributed by atoms with Gasteiger partial charge in [-0.15, -0.1) is 0 Å². The summed E-state index contributed by atoms with van der Waals surface area (Å²) in [6, 6.07) is 8.45. The topological polar surface area (TPSA) is 80.8 Å². The van der Waals surface area contributed by atoms with Gasteiger partial charge >= 0.3 is 5.97 Å². The van der Waals surface area contributed by atoms with E-state index in [1.165, 1.54) is 13.8 Å². The molecule has 0 spiro atoms. The molecule has 0 radical (unpaired) electrons. The van der Waals surface area contributed by atoms with E-state index in [1.54, 1.807) is 37.3 Å². The third kappa shape index (κ3) is 2.76. The van der Waals surface area contributed by atoms with Gasteiger partial charge in [-0.1, -0.05) is 18.2 Å². The zero-order valence-electron chi connectivity index (χ0n) is 13.4. The Bertz CT molecular complexity index is 654. The minimum atomic E-state index is -1.66. The van der Waals surface area contributed by atoms with E-state index in [0.29, 0.717) is 5.69 Å². The first-order valence-electron chi connectivity index (χ1n) is 7.44. The Balaban J connectivity index is 2.40. The first-order valence-corrected chi connectivity index (χ1v) is 7.44. The van der Waals surface area contributed by atoms with Crippen molar-refractivity contribution in [3.8, 4) is 0 Å². The van der Waals surface area contributed by atoms with Crippen LogP contribution in [0.25, 0.3) is 0 Å². The molecule has 1 aliphatic heterocycles. The van der Waals surface area contributed by atoms with Crippen molar-refractivity contribution in [2.45, 2.75) is 27.2 Å². The number of ether oxygens (including phenoxy) is 1. The normalized spacial score (nSPS) is 20.3. The predicted octanol–water partition coefficient (Wildman–Crippen LogP) is 1.72. The Kier molecular flexibility index (Phi) is 4.63. The van der Waals surface area contributed by atoms with Crippen LogP contribution in [0.4, 0.5) is 5.69 Å². The Hall–Kier alpha value is -2.50. The molecule has 2 atom stereocenters. The van der Waals surface area contributed by atoms with Gasteiger partial charge in [-0.25, -0.2) is 0 Å². The van der Waals surface area contributed by atoms with Crippen LogP contribution in [0.2, 0.25) is 0 Å². The lowest BCUT2D eigenvalue weighted by Crippen LogP contribution is -2.46. The van der Waals surface area contributed by atoms with E-state index in [2.05, 4.69) is 0 Å². The van der Waals surface area contributed by atoms with Crippen molar-refractivity contribution in [3.63, 3.8) is 0 Å². The molecule has 1 saturated heterocycles. The summed E-state index contributed by atoms with van der Waals surface area (Å²) < 4.78 is 4.96. The number of anilines is 1. The zero-order chi connectivity index (χ0) is 17.2. The van der Waals surface area contributed by atoms with Gasteiger partial charge in [0.2, 0.25) is 11.8 Å². The Morgan fingerprint density at radius 3 is 2.39 bits per heavy atom. The van der Waals surface area contributed by atoms with Gasteiger partial charge in [0.1, 0.15) is 11.2 Å². The van der Waals surface area contributed by atoms with Gasteiger partial charge in [-0.3, -0.25) is 24.1 Å². The molecule has 0 N–H and O–H groups in total. The van der Waals surface area contributed by atoms with Crippen LogP contribution in [0, 0.1) is 11.3 Å². The maximum absolute atomic E-state index is 12.7. The van der Waals surface area contributed by atoms with E-state index in [0.717, 1.165) is 4.90 Å². The number of imide groups is 1. The molecular formula is C17H19NO5. The zero-order valence-corrected chi connectivity index (χ0v) is 13.4. The summed E-state index contributed by atoms with van der Waals surface area (Å²) in [6.07, 6.45) is -0.192. The summed E-state index contributed by atoms with van der Waals surface area (Å²) in [6.45, 7) is 4.33. The van der Waals surface area contributed by atoms with Gasteiger partial charge in [0.15, 0.2) is 0 Å². The highest BCUT2D eigenvalue weighted by molar-refractivity contribution is 6.24. The van der Waals surface area contributed by atoms with Crippen molar-refractivity contribution in [2.75, 3.05) is 11.5 Å². The second-order valence-electron chi connectivity index (χ2n) is 5.64. The van der Waals surface area contributed by atoms with Crippen molar-refractivity contribution in [2.24, 2.45) is 11.3 Å². The highest BCUT2D eigenvalue weighted by Gasteiger charge is 2.56. The molecule has 6 nitrogen and oxygen atoms in total. The standard InChI is InChI=1S/C17H19NO5/c1-4-23-16(22)17(3,11(2)19)13-10-14(20)18(15(13)21)12-8-6-5-7-9-12/h5-9,13H,4,10H2,1-3H3. The minimum Gasteiger partial charge on any atom is -0.465 e. The SMILES string of the molecule is CCOC(=O)C(C)(C(C)=O)C1CC(=O)N(c2ccccc2)C1=O. The molecule has 1 aliphatic rings. The number of carbonyl (C=O) groups excluding carboxylic acids is 4. The molecule has 1 fully saturated rings. The highest BCUT2D eigenvalue weighted by Crippen LogP contribution is 2.40. The minimum absolute atomic E-state index is 0.0962. The van der Waals surface area contributed by atoms with Crippen LogP contribution >= 0.6 is 0 Å². The Morgan fingerprint density at radius 1 is 1.26 bits per heavy atom. The maximum atomic E-state index is 12.7. The van der Waals surface area contributed by atoms with E-state index < -0.39 is 34.9 Å². The summed E-state index contributed by atoms with van der Waals surface area (Å²) in [5.41, 5.74) is -1.23. The lowest BCUT2D eigenvalue weighted by atomic mass is 9.73. The number of hydrogen-bond acceptors (Lipinski definition) is 5. The van der Waals surface area contributed by atoms with Gasteiger partial charge < -0.3 is 4.74 Å². The largest absolute Gasteiger partial charge is 0.465 e. The van der Waals surface area contributed by atoms with Crippen LogP contribution < -0.4 is 4.90 Å². The average molecular weight is 317 g/mol. The van der Waals surface area contributed by atoms with E-state index in [-0.39, 0.29) is 13.0 Å². The number of nitrogens with zero attached hydrogens (tertiary/aromatic N) is 1. The van der Waals surface area contributed by atoms with E-state index in [4.69, 9.17) is 4.74 Å². The lowest BCUT2D eigenvalue weighted by molar-refractivity contribution is -0.164. The fourth-order valence-corrected chi connectivity index (χ4v) is 2.74. The molecule has 23 heavy (non-hydrogen) atoms. The highest BCUT2D eigenvalue weighted by atomic mass is 16.5. The number of esters is 1. The molecule has 2 unspecified atom stereocenters. The third-order valence-corrected chi connectivity index (χ3v) is 4.29. The molecular weight excluding hydrogens is 298 g/mol. The van der Waals surface area contributed by atoms with E-state index in [1.807, 2.05) is 0 Å². The number of ketones is 1. The summed E-state index contributed by atoms with van der Waals surface area (Å²) in [5, 5.41) is 0. The van der Waals surface area contributed by atoms with Crippen LogP contribution in [0.3, 0.4) is 0 Å². The molecule has 0 bridgehead atoms. The van der Waals surface area contributed by atoms with Crippen LogP contribution in [0.1, 0.15) is 27.2 Å². The molecule has 0 aliphatic carbocycles. The number of rotatable bonds is 5. The number of carbonyl (C=O) groups is 4. The fourth-order valence-electron chi connectivity index (χ4n) is 2.74. The molecule has 1 heterocycles. The van der Waals surface area contributed by atoms with Gasteiger partial charge in [0.05, 0.1) is 18.2 Å². The molecule has 2 rings (SSSR count). The van der Waals surface area contributed by atoms with Crippen molar-refractivity contribution >= 4 is 29.3 Å². The average Bonchev–Trinajstić information content (AvgIpc) is 2.82. The second-order valence-corrected chi connectivity index (χ2v) is 5.64. The van der Waals surface area contributed by atoms with Gasteiger partial charge in [0, 0.05) is 6.42 Å². The molecule has 2 amide bonds. The van der Waals surface area contributed by atoms with Crippen molar-refractivity contribution < 1.29 is 23.9 Å². The fraction of sp³-hybridized carbons (Fsp3) is 0.412. The van der Waals surface area contributed by atoms with Crippen molar-refractivity contribution in [3.05, 3.63) is 30.3 Å². The first kappa shape index (κ1) is 16.9. The smallest absolute Gasteiger partial charge is 0.320 e. The summed E-state index contributed by atoms with van der Waals surface area (Å²) in [7, 11) is 0. The number of para-hydroxylation sites is 1. The van der Waals surface area contributed by atoms with Gasteiger partial charge in [0.25, 0.3) is 0 Å². The first-order chi connectivity index (χ1) is 10.8. The number of hydrogen-bond donors (Lipinski definition) is 0. The molecule has 1 aromatic rings. The molecule has 1 aromatic carbocycles. The maximum Gasteiger partial charge on any atom is 0.320 e. The summed E-state index contributed by atoms with van der Waals surface area (Å²) in [5.74, 6) is -3.28. The van der Waals surface area contributed by atoms with E-state index >= 15 is 0 Å². The van der Waals surface area contributed by atoms with E-state index in [9.17, 15) is 19.2 Å². The van der Waals surface area contributed by atoms with Crippen molar-refractivity contribution in [1.29, 1.82) is 0 Å². The third-order valence-electron chi connectivity index (χ3n) is 4.29. The Labute approximate surface area is 134 Å². The second kappa shape index (κ2) is 6.32. The molecule has 6 heteroatoms. The molecule has 122 valence electrons. The quantitative estimate of drug-likeness (QED) is 0.469.